The molecule has 0 atom stereocenters. The first kappa shape index (κ1) is 14.2. The lowest BCUT2D eigenvalue weighted by Crippen LogP contribution is -2.50. The van der Waals surface area contributed by atoms with Crippen LogP contribution in [-0.2, 0) is 5.88 Å². The highest BCUT2D eigenvalue weighted by Crippen LogP contribution is 2.25. The SMILES string of the molecule is Cc1cc(CCl)cc(N2CCN(C3CCCC3)CC2)n1. The van der Waals surface area contributed by atoms with Crippen molar-refractivity contribution in [3.63, 3.8) is 0 Å². The van der Waals surface area contributed by atoms with Gasteiger partial charge in [-0.1, -0.05) is 12.8 Å². The van der Waals surface area contributed by atoms with Gasteiger partial charge in [-0.3, -0.25) is 4.90 Å². The normalized spacial score (nSPS) is 21.6. The number of hydrogen-bond donors (Lipinski definition) is 0. The lowest BCUT2D eigenvalue weighted by atomic mass is 10.1. The maximum Gasteiger partial charge on any atom is 0.129 e. The van der Waals surface area contributed by atoms with Crippen molar-refractivity contribution in [2.24, 2.45) is 0 Å². The van der Waals surface area contributed by atoms with Crippen molar-refractivity contribution in [1.82, 2.24) is 9.88 Å². The van der Waals surface area contributed by atoms with E-state index < -0.39 is 0 Å². The van der Waals surface area contributed by atoms with Crippen molar-refractivity contribution in [1.29, 1.82) is 0 Å². The van der Waals surface area contributed by atoms with E-state index in [4.69, 9.17) is 11.6 Å². The second kappa shape index (κ2) is 6.31. The van der Waals surface area contributed by atoms with Crippen molar-refractivity contribution in [2.75, 3.05) is 31.1 Å². The van der Waals surface area contributed by atoms with Crippen molar-refractivity contribution in [3.05, 3.63) is 23.4 Å². The van der Waals surface area contributed by atoms with Crippen LogP contribution in [0.5, 0.6) is 0 Å². The van der Waals surface area contributed by atoms with Gasteiger partial charge < -0.3 is 4.90 Å². The van der Waals surface area contributed by atoms with E-state index in [-0.39, 0.29) is 0 Å². The van der Waals surface area contributed by atoms with Gasteiger partial charge in [0, 0.05) is 43.8 Å². The zero-order chi connectivity index (χ0) is 13.9. The second-order valence-corrected chi connectivity index (χ2v) is 6.34. The Kier molecular flexibility index (Phi) is 4.47. The van der Waals surface area contributed by atoms with Gasteiger partial charge in [-0.15, -0.1) is 11.6 Å². The summed E-state index contributed by atoms with van der Waals surface area (Å²) in [5.41, 5.74) is 2.24. The molecule has 1 saturated carbocycles. The Labute approximate surface area is 126 Å². The maximum absolute atomic E-state index is 5.96. The molecular formula is C16H24ClN3. The fourth-order valence-electron chi connectivity index (χ4n) is 3.55. The Bertz CT molecular complexity index is 449. The molecule has 3 rings (SSSR count). The van der Waals surface area contributed by atoms with Crippen LogP contribution in [0.2, 0.25) is 0 Å². The molecule has 1 aromatic heterocycles. The molecule has 2 fully saturated rings. The van der Waals surface area contributed by atoms with Gasteiger partial charge in [0.1, 0.15) is 5.82 Å². The zero-order valence-electron chi connectivity index (χ0n) is 12.3. The van der Waals surface area contributed by atoms with Gasteiger partial charge in [0.05, 0.1) is 0 Å². The number of piperazine rings is 1. The summed E-state index contributed by atoms with van der Waals surface area (Å²) in [6.07, 6.45) is 5.64. The number of hydrogen-bond acceptors (Lipinski definition) is 3. The monoisotopic (exact) mass is 293 g/mol. The molecule has 1 aromatic rings. The summed E-state index contributed by atoms with van der Waals surface area (Å²) < 4.78 is 0. The minimum atomic E-state index is 0.568. The quantitative estimate of drug-likeness (QED) is 0.798. The van der Waals surface area contributed by atoms with E-state index in [1.807, 2.05) is 6.92 Å². The molecule has 0 N–H and O–H groups in total. The van der Waals surface area contributed by atoms with Gasteiger partial charge in [0.2, 0.25) is 0 Å². The van der Waals surface area contributed by atoms with Gasteiger partial charge in [-0.2, -0.15) is 0 Å². The van der Waals surface area contributed by atoms with Gasteiger partial charge in [0.25, 0.3) is 0 Å². The van der Waals surface area contributed by atoms with Crippen LogP contribution in [0.25, 0.3) is 0 Å². The van der Waals surface area contributed by atoms with Crippen LogP contribution in [0.4, 0.5) is 5.82 Å². The minimum absolute atomic E-state index is 0.568. The first-order valence-electron chi connectivity index (χ1n) is 7.79. The fourth-order valence-corrected chi connectivity index (χ4v) is 3.70. The van der Waals surface area contributed by atoms with Crippen LogP contribution in [0, 0.1) is 6.92 Å². The van der Waals surface area contributed by atoms with Crippen molar-refractivity contribution in [3.8, 4) is 0 Å². The summed E-state index contributed by atoms with van der Waals surface area (Å²) in [6.45, 7) is 6.59. The molecule has 0 spiro atoms. The number of halogens is 1. The maximum atomic E-state index is 5.96. The Morgan fingerprint density at radius 2 is 1.85 bits per heavy atom. The Morgan fingerprint density at radius 1 is 1.15 bits per heavy atom. The average molecular weight is 294 g/mol. The molecule has 20 heavy (non-hydrogen) atoms. The minimum Gasteiger partial charge on any atom is -0.354 e. The van der Waals surface area contributed by atoms with Crippen LogP contribution in [0.3, 0.4) is 0 Å². The van der Waals surface area contributed by atoms with E-state index in [2.05, 4.69) is 26.9 Å². The molecular weight excluding hydrogens is 270 g/mol. The first-order valence-corrected chi connectivity index (χ1v) is 8.32. The third-order valence-corrected chi connectivity index (χ3v) is 4.94. The number of rotatable bonds is 3. The number of anilines is 1. The number of pyridine rings is 1. The molecule has 3 nitrogen and oxygen atoms in total. The third-order valence-electron chi connectivity index (χ3n) is 4.63. The summed E-state index contributed by atoms with van der Waals surface area (Å²) in [5, 5.41) is 0. The van der Waals surface area contributed by atoms with E-state index in [1.54, 1.807) is 0 Å². The fraction of sp³-hybridized carbons (Fsp3) is 0.688. The van der Waals surface area contributed by atoms with E-state index in [1.165, 1.54) is 44.3 Å². The molecule has 0 aromatic carbocycles. The number of nitrogens with zero attached hydrogens (tertiary/aromatic N) is 3. The van der Waals surface area contributed by atoms with Gasteiger partial charge in [-0.25, -0.2) is 4.98 Å². The lowest BCUT2D eigenvalue weighted by molar-refractivity contribution is 0.187. The molecule has 0 radical (unpaired) electrons. The molecule has 2 heterocycles. The molecule has 0 amide bonds. The zero-order valence-corrected chi connectivity index (χ0v) is 13.1. The van der Waals surface area contributed by atoms with Crippen LogP contribution in [-0.4, -0.2) is 42.1 Å². The highest BCUT2D eigenvalue weighted by Gasteiger charge is 2.26. The topological polar surface area (TPSA) is 19.4 Å². The van der Waals surface area contributed by atoms with Crippen molar-refractivity contribution < 1.29 is 0 Å². The predicted octanol–water partition coefficient (Wildman–Crippen LogP) is 3.19. The first-order chi connectivity index (χ1) is 9.76. The molecule has 110 valence electrons. The Morgan fingerprint density at radius 3 is 2.50 bits per heavy atom. The second-order valence-electron chi connectivity index (χ2n) is 6.07. The van der Waals surface area contributed by atoms with Gasteiger partial charge in [-0.05, 0) is 37.5 Å². The van der Waals surface area contributed by atoms with Crippen LogP contribution < -0.4 is 4.90 Å². The summed E-state index contributed by atoms with van der Waals surface area (Å²) in [7, 11) is 0. The average Bonchev–Trinajstić information content (AvgIpc) is 3.01. The summed E-state index contributed by atoms with van der Waals surface area (Å²) >= 11 is 5.96. The summed E-state index contributed by atoms with van der Waals surface area (Å²) in [5.74, 6) is 1.67. The molecule has 0 bridgehead atoms. The number of aryl methyl sites for hydroxylation is 1. The van der Waals surface area contributed by atoms with E-state index >= 15 is 0 Å². The molecule has 0 unspecified atom stereocenters. The number of alkyl halides is 1. The van der Waals surface area contributed by atoms with Crippen LogP contribution in [0.1, 0.15) is 36.9 Å². The van der Waals surface area contributed by atoms with E-state index in [0.717, 1.165) is 30.6 Å². The molecule has 1 saturated heterocycles. The molecule has 4 heteroatoms. The Hall–Kier alpha value is -0.800. The molecule has 1 aliphatic heterocycles. The highest BCUT2D eigenvalue weighted by molar-refractivity contribution is 6.17. The van der Waals surface area contributed by atoms with E-state index in [0.29, 0.717) is 5.88 Å². The lowest BCUT2D eigenvalue weighted by Gasteiger charge is -2.38. The predicted molar refractivity (Wildman–Crippen MR) is 84.6 cm³/mol. The Balaban J connectivity index is 1.64. The largest absolute Gasteiger partial charge is 0.354 e. The van der Waals surface area contributed by atoms with Crippen molar-refractivity contribution >= 4 is 17.4 Å². The molecule has 2 aliphatic rings. The van der Waals surface area contributed by atoms with Gasteiger partial charge in [0.15, 0.2) is 0 Å². The number of aromatic nitrogens is 1. The standard InChI is InChI=1S/C16H24ClN3/c1-13-10-14(12-17)11-16(18-13)20-8-6-19(7-9-20)15-4-2-3-5-15/h10-11,15H,2-9,12H2,1H3. The van der Waals surface area contributed by atoms with E-state index in [9.17, 15) is 0 Å². The summed E-state index contributed by atoms with van der Waals surface area (Å²) in [4.78, 5) is 9.77. The van der Waals surface area contributed by atoms with Crippen molar-refractivity contribution in [2.45, 2.75) is 44.5 Å². The smallest absolute Gasteiger partial charge is 0.129 e. The van der Waals surface area contributed by atoms with Crippen LogP contribution >= 0.6 is 11.6 Å². The summed E-state index contributed by atoms with van der Waals surface area (Å²) in [6, 6.07) is 5.07. The molecule has 1 aliphatic carbocycles. The highest BCUT2D eigenvalue weighted by atomic mass is 35.5. The van der Waals surface area contributed by atoms with Gasteiger partial charge >= 0.3 is 0 Å². The third kappa shape index (κ3) is 3.09. The van der Waals surface area contributed by atoms with Crippen LogP contribution in [0.15, 0.2) is 12.1 Å².